The largest absolute Gasteiger partial charge is 0.391 e. The van der Waals surface area contributed by atoms with Gasteiger partial charge in [0, 0.05) is 18.2 Å². The van der Waals surface area contributed by atoms with Gasteiger partial charge in [-0.25, -0.2) is 4.98 Å². The molecule has 18 heavy (non-hydrogen) atoms. The van der Waals surface area contributed by atoms with Crippen LogP contribution in [0.4, 0.5) is 0 Å². The molecule has 2 atom stereocenters. The first-order chi connectivity index (χ1) is 8.58. The second-order valence-corrected chi connectivity index (χ2v) is 5.66. The molecule has 0 amide bonds. The Kier molecular flexibility index (Phi) is 4.84. The van der Waals surface area contributed by atoms with Gasteiger partial charge in [-0.15, -0.1) is 0 Å². The highest BCUT2D eigenvalue weighted by molar-refractivity contribution is 6.32. The molecule has 1 aliphatic carbocycles. The SMILES string of the molecule is CN(Cc1ccc(Cl)nc1Cl)C1CCCCC1O. The molecular formula is C13H18Cl2N2O. The van der Waals surface area contributed by atoms with Gasteiger partial charge in [0.15, 0.2) is 0 Å². The Hall–Kier alpha value is -0.350. The Morgan fingerprint density at radius 2 is 2.06 bits per heavy atom. The summed E-state index contributed by atoms with van der Waals surface area (Å²) in [5.41, 5.74) is 0.946. The van der Waals surface area contributed by atoms with Crippen LogP contribution in [0.3, 0.4) is 0 Å². The number of aliphatic hydroxyl groups excluding tert-OH is 1. The summed E-state index contributed by atoms with van der Waals surface area (Å²) in [4.78, 5) is 6.19. The van der Waals surface area contributed by atoms with Crippen LogP contribution in [0.5, 0.6) is 0 Å². The minimum absolute atomic E-state index is 0.213. The molecule has 2 unspecified atom stereocenters. The third-order valence-corrected chi connectivity index (χ3v) is 4.11. The Balaban J connectivity index is 2.03. The van der Waals surface area contributed by atoms with Crippen LogP contribution in [-0.4, -0.2) is 34.2 Å². The summed E-state index contributed by atoms with van der Waals surface area (Å²) in [5, 5.41) is 10.9. The minimum atomic E-state index is -0.234. The van der Waals surface area contributed by atoms with Gasteiger partial charge in [0.2, 0.25) is 0 Å². The van der Waals surface area contributed by atoms with Crippen molar-refractivity contribution in [3.05, 3.63) is 28.0 Å². The van der Waals surface area contributed by atoms with Crippen LogP contribution >= 0.6 is 23.2 Å². The molecule has 1 fully saturated rings. The summed E-state index contributed by atoms with van der Waals surface area (Å²) in [6, 6.07) is 3.85. The number of hydrogen-bond donors (Lipinski definition) is 1. The number of rotatable bonds is 3. The predicted octanol–water partition coefficient (Wildman–Crippen LogP) is 3.12. The van der Waals surface area contributed by atoms with E-state index in [2.05, 4.69) is 9.88 Å². The van der Waals surface area contributed by atoms with Crippen molar-refractivity contribution in [3.8, 4) is 0 Å². The third-order valence-electron chi connectivity index (χ3n) is 3.57. The van der Waals surface area contributed by atoms with Gasteiger partial charge in [0.05, 0.1) is 6.10 Å². The van der Waals surface area contributed by atoms with Gasteiger partial charge in [-0.3, -0.25) is 4.90 Å². The summed E-state index contributed by atoms with van der Waals surface area (Å²) in [6.07, 6.45) is 3.99. The molecule has 0 aromatic carbocycles. The zero-order valence-corrected chi connectivity index (χ0v) is 12.0. The van der Waals surface area contributed by atoms with Crippen LogP contribution in [-0.2, 0) is 6.54 Å². The molecule has 1 aliphatic rings. The fourth-order valence-corrected chi connectivity index (χ4v) is 2.96. The monoisotopic (exact) mass is 288 g/mol. The number of hydrogen-bond acceptors (Lipinski definition) is 3. The van der Waals surface area contributed by atoms with Crippen molar-refractivity contribution in [3.63, 3.8) is 0 Å². The van der Waals surface area contributed by atoms with Gasteiger partial charge in [-0.2, -0.15) is 0 Å². The van der Waals surface area contributed by atoms with Crippen molar-refractivity contribution < 1.29 is 5.11 Å². The second-order valence-electron chi connectivity index (χ2n) is 4.92. The third kappa shape index (κ3) is 3.35. The molecule has 2 rings (SSSR count). The minimum Gasteiger partial charge on any atom is -0.391 e. The Labute approximate surface area is 118 Å². The average Bonchev–Trinajstić information content (AvgIpc) is 2.33. The van der Waals surface area contributed by atoms with Gasteiger partial charge in [0.25, 0.3) is 0 Å². The number of pyridine rings is 1. The molecule has 1 N–H and O–H groups in total. The maximum absolute atomic E-state index is 10.0. The lowest BCUT2D eigenvalue weighted by Crippen LogP contribution is -2.42. The highest BCUT2D eigenvalue weighted by Gasteiger charge is 2.26. The van der Waals surface area contributed by atoms with E-state index in [9.17, 15) is 5.11 Å². The van der Waals surface area contributed by atoms with E-state index in [1.54, 1.807) is 6.07 Å². The van der Waals surface area contributed by atoms with Gasteiger partial charge >= 0.3 is 0 Å². The van der Waals surface area contributed by atoms with Crippen molar-refractivity contribution >= 4 is 23.2 Å². The molecule has 0 bridgehead atoms. The Morgan fingerprint density at radius 3 is 2.72 bits per heavy atom. The molecule has 1 aromatic rings. The van der Waals surface area contributed by atoms with Gasteiger partial charge in [-0.05, 0) is 26.0 Å². The number of aliphatic hydroxyl groups is 1. The van der Waals surface area contributed by atoms with Crippen LogP contribution in [0.1, 0.15) is 31.2 Å². The van der Waals surface area contributed by atoms with Crippen LogP contribution < -0.4 is 0 Å². The molecule has 100 valence electrons. The molecule has 0 spiro atoms. The van der Waals surface area contributed by atoms with E-state index in [0.717, 1.165) is 24.8 Å². The molecule has 1 aromatic heterocycles. The summed E-state index contributed by atoms with van der Waals surface area (Å²) >= 11 is 11.8. The molecule has 3 nitrogen and oxygen atoms in total. The summed E-state index contributed by atoms with van der Waals surface area (Å²) in [7, 11) is 2.02. The van der Waals surface area contributed by atoms with E-state index < -0.39 is 0 Å². The highest BCUT2D eigenvalue weighted by Crippen LogP contribution is 2.25. The highest BCUT2D eigenvalue weighted by atomic mass is 35.5. The second kappa shape index (κ2) is 6.20. The summed E-state index contributed by atoms with van der Waals surface area (Å²) in [5.74, 6) is 0. The molecule has 5 heteroatoms. The van der Waals surface area contributed by atoms with Crippen molar-refractivity contribution in [1.29, 1.82) is 0 Å². The number of halogens is 2. The van der Waals surface area contributed by atoms with Gasteiger partial charge in [-0.1, -0.05) is 42.1 Å². The van der Waals surface area contributed by atoms with Crippen LogP contribution in [0.15, 0.2) is 12.1 Å². The first kappa shape index (κ1) is 14.1. The molecule has 0 radical (unpaired) electrons. The maximum atomic E-state index is 10.0. The normalized spacial score (nSPS) is 24.5. The van der Waals surface area contributed by atoms with E-state index in [-0.39, 0.29) is 12.1 Å². The van der Waals surface area contributed by atoms with E-state index >= 15 is 0 Å². The van der Waals surface area contributed by atoms with Crippen molar-refractivity contribution in [2.24, 2.45) is 0 Å². The summed E-state index contributed by atoms with van der Waals surface area (Å²) < 4.78 is 0. The topological polar surface area (TPSA) is 36.4 Å². The first-order valence-corrected chi connectivity index (χ1v) is 7.03. The Morgan fingerprint density at radius 1 is 1.33 bits per heavy atom. The lowest BCUT2D eigenvalue weighted by Gasteiger charge is -2.35. The van der Waals surface area contributed by atoms with Crippen molar-refractivity contribution in [2.45, 2.75) is 44.4 Å². The zero-order valence-electron chi connectivity index (χ0n) is 10.4. The maximum Gasteiger partial charge on any atom is 0.135 e. The van der Waals surface area contributed by atoms with E-state index in [4.69, 9.17) is 23.2 Å². The summed E-state index contributed by atoms with van der Waals surface area (Å²) in [6.45, 7) is 0.685. The van der Waals surface area contributed by atoms with E-state index in [1.807, 2.05) is 13.1 Å². The molecule has 0 saturated heterocycles. The predicted molar refractivity (Wildman–Crippen MR) is 74.0 cm³/mol. The number of likely N-dealkylation sites (N-methyl/N-ethyl adjacent to an activating group) is 1. The zero-order chi connectivity index (χ0) is 13.1. The number of nitrogens with zero attached hydrogens (tertiary/aromatic N) is 2. The van der Waals surface area contributed by atoms with Crippen LogP contribution in [0, 0.1) is 0 Å². The molecule has 0 aliphatic heterocycles. The fourth-order valence-electron chi connectivity index (χ4n) is 2.55. The lowest BCUT2D eigenvalue weighted by molar-refractivity contribution is 0.0288. The van der Waals surface area contributed by atoms with Crippen LogP contribution in [0.25, 0.3) is 0 Å². The van der Waals surface area contributed by atoms with Crippen molar-refractivity contribution in [1.82, 2.24) is 9.88 Å². The Bertz CT molecular complexity index is 414. The van der Waals surface area contributed by atoms with Crippen LogP contribution in [0.2, 0.25) is 10.3 Å². The smallest absolute Gasteiger partial charge is 0.135 e. The molecular weight excluding hydrogens is 271 g/mol. The number of aromatic nitrogens is 1. The van der Waals surface area contributed by atoms with E-state index in [0.29, 0.717) is 16.9 Å². The van der Waals surface area contributed by atoms with E-state index in [1.165, 1.54) is 6.42 Å². The molecule has 1 heterocycles. The standard InChI is InChI=1S/C13H18Cl2N2O/c1-17(10-4-2-3-5-11(10)18)8-9-6-7-12(14)16-13(9)15/h6-7,10-11,18H,2-5,8H2,1H3. The van der Waals surface area contributed by atoms with Gasteiger partial charge in [0.1, 0.15) is 10.3 Å². The fraction of sp³-hybridized carbons (Fsp3) is 0.615. The average molecular weight is 289 g/mol. The van der Waals surface area contributed by atoms with Gasteiger partial charge < -0.3 is 5.11 Å². The van der Waals surface area contributed by atoms with Crippen molar-refractivity contribution in [2.75, 3.05) is 7.05 Å². The first-order valence-electron chi connectivity index (χ1n) is 6.27. The molecule has 1 saturated carbocycles. The lowest BCUT2D eigenvalue weighted by atomic mass is 9.91. The quantitative estimate of drug-likeness (QED) is 0.869.